The molecule has 0 aromatic heterocycles. The van der Waals surface area contributed by atoms with Crippen LogP contribution < -0.4 is 16.1 Å². The monoisotopic (exact) mass is 360 g/mol. The van der Waals surface area contributed by atoms with E-state index in [1.54, 1.807) is 24.3 Å². The standard InChI is InChI=1S/C17H14ClFN4O2/c18-10-6-7-13(12(19)8-10)21-17(25)14-9-15(16(20)24)23(22-14)11-4-2-1-3-5-11/h1-8,15H,9H2,(H2,20,24)(H,21,25). The van der Waals surface area contributed by atoms with Crippen LogP contribution in [0.2, 0.25) is 5.02 Å². The Balaban J connectivity index is 1.84. The number of carbonyl (C=O) groups excluding carboxylic acids is 2. The van der Waals surface area contributed by atoms with E-state index in [9.17, 15) is 14.0 Å². The maximum absolute atomic E-state index is 13.8. The number of amides is 2. The molecular formula is C17H14ClFN4O2. The summed E-state index contributed by atoms with van der Waals surface area (Å²) in [7, 11) is 0. The summed E-state index contributed by atoms with van der Waals surface area (Å²) in [5.41, 5.74) is 6.12. The number of halogens is 2. The number of nitrogens with zero attached hydrogens (tertiary/aromatic N) is 2. The Morgan fingerprint density at radius 2 is 1.96 bits per heavy atom. The maximum atomic E-state index is 13.8. The molecule has 3 rings (SSSR count). The number of benzene rings is 2. The Kier molecular flexibility index (Phi) is 4.67. The van der Waals surface area contributed by atoms with E-state index < -0.39 is 23.7 Å². The second-order valence-electron chi connectivity index (χ2n) is 5.43. The first-order valence-corrected chi connectivity index (χ1v) is 7.81. The molecule has 1 atom stereocenters. The lowest BCUT2D eigenvalue weighted by atomic mass is 10.1. The first-order valence-electron chi connectivity index (χ1n) is 7.43. The average molecular weight is 361 g/mol. The van der Waals surface area contributed by atoms with E-state index >= 15 is 0 Å². The summed E-state index contributed by atoms with van der Waals surface area (Å²) < 4.78 is 13.8. The van der Waals surface area contributed by atoms with Crippen LogP contribution in [0.15, 0.2) is 53.6 Å². The molecule has 0 aliphatic carbocycles. The molecule has 128 valence electrons. The number of anilines is 2. The van der Waals surface area contributed by atoms with Crippen molar-refractivity contribution in [1.29, 1.82) is 0 Å². The zero-order valence-corrected chi connectivity index (χ0v) is 13.7. The van der Waals surface area contributed by atoms with E-state index in [4.69, 9.17) is 17.3 Å². The Morgan fingerprint density at radius 3 is 2.60 bits per heavy atom. The predicted octanol–water partition coefficient (Wildman–Crippen LogP) is 2.54. The number of primary amides is 1. The number of hydrogen-bond donors (Lipinski definition) is 2. The lowest BCUT2D eigenvalue weighted by Gasteiger charge is -2.20. The van der Waals surface area contributed by atoms with Crippen LogP contribution in [0.25, 0.3) is 0 Å². The fourth-order valence-electron chi connectivity index (χ4n) is 2.47. The van der Waals surface area contributed by atoms with Crippen molar-refractivity contribution >= 4 is 40.5 Å². The van der Waals surface area contributed by atoms with Gasteiger partial charge in [0.2, 0.25) is 5.91 Å². The van der Waals surface area contributed by atoms with Gasteiger partial charge in [-0.15, -0.1) is 0 Å². The Bertz CT molecular complexity index is 857. The summed E-state index contributed by atoms with van der Waals surface area (Å²) in [5.74, 6) is -1.87. The van der Waals surface area contributed by atoms with Crippen LogP contribution in [0.3, 0.4) is 0 Å². The Labute approximate surface area is 148 Å². The van der Waals surface area contributed by atoms with Crippen LogP contribution in [-0.2, 0) is 9.59 Å². The Hall–Kier alpha value is -2.93. The summed E-state index contributed by atoms with van der Waals surface area (Å²) in [6.45, 7) is 0. The summed E-state index contributed by atoms with van der Waals surface area (Å²) in [5, 5.41) is 8.24. The number of hydrazone groups is 1. The third kappa shape index (κ3) is 3.61. The zero-order chi connectivity index (χ0) is 18.0. The molecule has 6 nitrogen and oxygen atoms in total. The molecule has 1 unspecified atom stereocenters. The number of carbonyl (C=O) groups is 2. The second-order valence-corrected chi connectivity index (χ2v) is 5.86. The van der Waals surface area contributed by atoms with Gasteiger partial charge in [-0.05, 0) is 30.3 Å². The van der Waals surface area contributed by atoms with Gasteiger partial charge in [-0.3, -0.25) is 14.6 Å². The molecular weight excluding hydrogens is 347 g/mol. The van der Waals surface area contributed by atoms with Gasteiger partial charge in [0.25, 0.3) is 5.91 Å². The van der Waals surface area contributed by atoms with Gasteiger partial charge in [0, 0.05) is 11.4 Å². The second kappa shape index (κ2) is 6.90. The molecule has 3 N–H and O–H groups in total. The predicted molar refractivity (Wildman–Crippen MR) is 94.0 cm³/mol. The molecule has 0 saturated heterocycles. The number of nitrogens with one attached hydrogen (secondary N) is 1. The van der Waals surface area contributed by atoms with Crippen molar-refractivity contribution in [3.8, 4) is 0 Å². The number of para-hydroxylation sites is 1. The summed E-state index contributed by atoms with van der Waals surface area (Å²) in [6, 6.07) is 12.0. The third-order valence-corrected chi connectivity index (χ3v) is 3.94. The van der Waals surface area contributed by atoms with Crippen molar-refractivity contribution < 1.29 is 14.0 Å². The molecule has 0 bridgehead atoms. The normalized spacial score (nSPS) is 16.5. The fraction of sp³-hybridized carbons (Fsp3) is 0.118. The van der Waals surface area contributed by atoms with Crippen molar-refractivity contribution in [2.24, 2.45) is 10.8 Å². The first kappa shape index (κ1) is 16.9. The topological polar surface area (TPSA) is 87.8 Å². The molecule has 1 aliphatic heterocycles. The molecule has 8 heteroatoms. The average Bonchev–Trinajstić information content (AvgIpc) is 3.04. The zero-order valence-electron chi connectivity index (χ0n) is 12.9. The molecule has 2 amide bonds. The van der Waals surface area contributed by atoms with Crippen LogP contribution in [0.5, 0.6) is 0 Å². The van der Waals surface area contributed by atoms with Crippen molar-refractivity contribution in [1.82, 2.24) is 0 Å². The Morgan fingerprint density at radius 1 is 1.24 bits per heavy atom. The summed E-state index contributed by atoms with van der Waals surface area (Å²) in [4.78, 5) is 24.1. The van der Waals surface area contributed by atoms with E-state index in [-0.39, 0.29) is 22.8 Å². The van der Waals surface area contributed by atoms with E-state index in [1.807, 2.05) is 6.07 Å². The van der Waals surface area contributed by atoms with Gasteiger partial charge in [0.05, 0.1) is 11.4 Å². The highest BCUT2D eigenvalue weighted by Crippen LogP contribution is 2.25. The molecule has 1 aliphatic rings. The van der Waals surface area contributed by atoms with E-state index in [1.165, 1.54) is 17.1 Å². The maximum Gasteiger partial charge on any atom is 0.272 e. The number of rotatable bonds is 4. The van der Waals surface area contributed by atoms with E-state index in [0.717, 1.165) is 6.07 Å². The van der Waals surface area contributed by atoms with Gasteiger partial charge in [-0.2, -0.15) is 5.10 Å². The smallest absolute Gasteiger partial charge is 0.272 e. The van der Waals surface area contributed by atoms with Gasteiger partial charge in [0.15, 0.2) is 0 Å². The van der Waals surface area contributed by atoms with Crippen molar-refractivity contribution in [2.45, 2.75) is 12.5 Å². The van der Waals surface area contributed by atoms with Gasteiger partial charge in [-0.1, -0.05) is 29.8 Å². The number of hydrogen-bond acceptors (Lipinski definition) is 4. The van der Waals surface area contributed by atoms with Crippen LogP contribution in [0, 0.1) is 5.82 Å². The van der Waals surface area contributed by atoms with Crippen LogP contribution >= 0.6 is 11.6 Å². The quantitative estimate of drug-likeness (QED) is 0.878. The molecule has 1 heterocycles. The van der Waals surface area contributed by atoms with Gasteiger partial charge >= 0.3 is 0 Å². The largest absolute Gasteiger partial charge is 0.368 e. The van der Waals surface area contributed by atoms with Crippen molar-refractivity contribution in [3.63, 3.8) is 0 Å². The molecule has 0 spiro atoms. The van der Waals surface area contributed by atoms with E-state index in [2.05, 4.69) is 10.4 Å². The van der Waals surface area contributed by atoms with Crippen LogP contribution in [0.1, 0.15) is 6.42 Å². The lowest BCUT2D eigenvalue weighted by molar-refractivity contribution is -0.119. The summed E-state index contributed by atoms with van der Waals surface area (Å²) in [6.07, 6.45) is 0.0330. The molecule has 0 radical (unpaired) electrons. The molecule has 0 saturated carbocycles. The van der Waals surface area contributed by atoms with Gasteiger partial charge in [0.1, 0.15) is 17.6 Å². The summed E-state index contributed by atoms with van der Waals surface area (Å²) >= 11 is 5.69. The first-order chi connectivity index (χ1) is 12.0. The highest BCUT2D eigenvalue weighted by molar-refractivity contribution is 6.44. The van der Waals surface area contributed by atoms with Crippen molar-refractivity contribution in [2.75, 3.05) is 10.3 Å². The minimum atomic E-state index is -0.779. The minimum absolute atomic E-state index is 0.0223. The molecule has 2 aromatic carbocycles. The van der Waals surface area contributed by atoms with Crippen LogP contribution in [-0.4, -0.2) is 23.6 Å². The van der Waals surface area contributed by atoms with E-state index in [0.29, 0.717) is 5.69 Å². The van der Waals surface area contributed by atoms with Crippen LogP contribution in [0.4, 0.5) is 15.8 Å². The van der Waals surface area contributed by atoms with Gasteiger partial charge in [-0.25, -0.2) is 4.39 Å². The fourth-order valence-corrected chi connectivity index (χ4v) is 2.63. The number of nitrogens with two attached hydrogens (primary N) is 1. The van der Waals surface area contributed by atoms with Gasteiger partial charge < -0.3 is 11.1 Å². The highest BCUT2D eigenvalue weighted by Gasteiger charge is 2.35. The lowest BCUT2D eigenvalue weighted by Crippen LogP contribution is -2.39. The highest BCUT2D eigenvalue weighted by atomic mass is 35.5. The SMILES string of the molecule is NC(=O)C1CC(C(=O)Nc2ccc(Cl)cc2F)=NN1c1ccccc1. The molecule has 25 heavy (non-hydrogen) atoms. The van der Waals surface area contributed by atoms with Crippen molar-refractivity contribution in [3.05, 3.63) is 59.4 Å². The molecule has 2 aromatic rings. The minimum Gasteiger partial charge on any atom is -0.368 e. The molecule has 0 fully saturated rings. The third-order valence-electron chi connectivity index (χ3n) is 3.70.